The van der Waals surface area contributed by atoms with Gasteiger partial charge in [-0.15, -0.1) is 11.3 Å². The zero-order valence-electron chi connectivity index (χ0n) is 20.4. The van der Waals surface area contributed by atoms with Crippen LogP contribution in [0.4, 0.5) is 26.3 Å². The summed E-state index contributed by atoms with van der Waals surface area (Å²) in [5.41, 5.74) is 4.07. The highest BCUT2D eigenvalue weighted by Gasteiger charge is 2.40. The van der Waals surface area contributed by atoms with Crippen LogP contribution in [-0.2, 0) is 16.1 Å². The molecule has 9 nitrogen and oxygen atoms in total. The molecule has 2 aliphatic heterocycles. The smallest absolute Gasteiger partial charge is 0.475 e. The van der Waals surface area contributed by atoms with Crippen molar-refractivity contribution in [1.29, 1.82) is 0 Å². The van der Waals surface area contributed by atoms with E-state index in [4.69, 9.17) is 19.8 Å². The van der Waals surface area contributed by atoms with Gasteiger partial charge in [0.1, 0.15) is 5.69 Å². The molecule has 1 amide bonds. The third-order valence-corrected chi connectivity index (χ3v) is 6.88. The van der Waals surface area contributed by atoms with Gasteiger partial charge in [-0.1, -0.05) is 6.07 Å². The molecule has 0 unspecified atom stereocenters. The number of likely N-dealkylation sites (tertiary alicyclic amines) is 2. The molecule has 2 aliphatic rings. The number of halogens is 6. The number of pyridine rings is 1. The number of hydrogen-bond acceptors (Lipinski definition) is 7. The molecule has 2 aromatic rings. The van der Waals surface area contributed by atoms with Crippen molar-refractivity contribution in [2.24, 2.45) is 5.41 Å². The van der Waals surface area contributed by atoms with Crippen LogP contribution in [0, 0.1) is 5.41 Å². The van der Waals surface area contributed by atoms with Crippen LogP contribution in [-0.4, -0.2) is 86.4 Å². The summed E-state index contributed by atoms with van der Waals surface area (Å²) in [4.78, 5) is 43.1. The average Bonchev–Trinajstić information content (AvgIpc) is 3.41. The summed E-state index contributed by atoms with van der Waals surface area (Å²) < 4.78 is 63.5. The van der Waals surface area contributed by atoms with Gasteiger partial charge in [0.15, 0.2) is 0 Å². The molecule has 0 saturated carbocycles. The van der Waals surface area contributed by atoms with Gasteiger partial charge in [0.25, 0.3) is 5.91 Å². The van der Waals surface area contributed by atoms with E-state index in [1.165, 1.54) is 29.7 Å². The number of thiazole rings is 1. The normalized spacial score (nSPS) is 17.3. The van der Waals surface area contributed by atoms with Gasteiger partial charge in [-0.25, -0.2) is 14.6 Å². The van der Waals surface area contributed by atoms with E-state index < -0.39 is 24.3 Å². The van der Waals surface area contributed by atoms with E-state index >= 15 is 0 Å². The number of carboxylic acids is 2. The number of carbonyl (C=O) groups is 3. The highest BCUT2D eigenvalue weighted by molar-refractivity contribution is 7.07. The van der Waals surface area contributed by atoms with E-state index in [1.807, 2.05) is 28.7 Å². The van der Waals surface area contributed by atoms with Crippen molar-refractivity contribution in [3.8, 4) is 0 Å². The third-order valence-electron chi connectivity index (χ3n) is 6.29. The maximum Gasteiger partial charge on any atom is 0.490 e. The summed E-state index contributed by atoms with van der Waals surface area (Å²) in [7, 11) is 0. The number of hydrogen-bond donors (Lipinski definition) is 2. The maximum atomic E-state index is 12.4. The highest BCUT2D eigenvalue weighted by Crippen LogP contribution is 2.41. The maximum absolute atomic E-state index is 12.4. The van der Waals surface area contributed by atoms with Gasteiger partial charge in [-0.3, -0.25) is 14.7 Å². The zero-order chi connectivity index (χ0) is 29.3. The second-order valence-electron chi connectivity index (χ2n) is 8.91. The molecular weight excluding hydrogens is 558 g/mol. The number of rotatable bonds is 3. The molecule has 0 radical (unpaired) electrons. The van der Waals surface area contributed by atoms with Crippen LogP contribution in [0.15, 0.2) is 35.4 Å². The fourth-order valence-corrected chi connectivity index (χ4v) is 4.63. The number of carboxylic acid groups (broad SMARTS) is 2. The second-order valence-corrected chi connectivity index (χ2v) is 9.63. The lowest BCUT2D eigenvalue weighted by atomic mass is 9.71. The van der Waals surface area contributed by atoms with Crippen LogP contribution in [0.5, 0.6) is 0 Å². The Morgan fingerprint density at radius 2 is 1.44 bits per heavy atom. The molecule has 0 atom stereocenters. The van der Waals surface area contributed by atoms with Crippen molar-refractivity contribution in [2.45, 2.75) is 44.6 Å². The minimum absolute atomic E-state index is 0.102. The molecule has 1 spiro atoms. The Bertz CT molecular complexity index is 1040. The molecule has 2 fully saturated rings. The minimum atomic E-state index is -5.08. The first-order valence-electron chi connectivity index (χ1n) is 11.5. The fraction of sp³-hybridized carbons (Fsp3) is 0.522. The number of carbonyl (C=O) groups excluding carboxylic acids is 1. The van der Waals surface area contributed by atoms with E-state index in [1.54, 1.807) is 5.51 Å². The van der Waals surface area contributed by atoms with Crippen molar-refractivity contribution in [1.82, 2.24) is 19.8 Å². The number of alkyl halides is 6. The molecule has 16 heteroatoms. The SMILES string of the molecule is O=C(O)C(F)(F)F.O=C(O)C(F)(F)F.O=C(c1cscn1)N1CCC2(CCN(Cc3cccnc3)CC2)CC1. The van der Waals surface area contributed by atoms with Gasteiger partial charge in [0.05, 0.1) is 5.51 Å². The molecule has 4 heterocycles. The molecule has 2 aromatic heterocycles. The molecular formula is C23H26F6N4O5S. The summed E-state index contributed by atoms with van der Waals surface area (Å²) >= 11 is 1.49. The largest absolute Gasteiger partial charge is 0.490 e. The van der Waals surface area contributed by atoms with Crippen LogP contribution < -0.4 is 0 Å². The van der Waals surface area contributed by atoms with Crippen molar-refractivity contribution >= 4 is 29.2 Å². The van der Waals surface area contributed by atoms with E-state index in [0.29, 0.717) is 11.1 Å². The summed E-state index contributed by atoms with van der Waals surface area (Å²) in [5.74, 6) is -5.41. The standard InChI is InChI=1S/C19H24N4OS.2C2HF3O2/c24-18(17-14-25-15-21-17)23-10-5-19(6-11-23)3-8-22(9-4-19)13-16-2-1-7-20-12-16;2*3-2(4,5)1(6)7/h1-2,7,12,14-15H,3-6,8-11,13H2;2*(H,6,7). The van der Waals surface area contributed by atoms with Gasteiger partial charge < -0.3 is 15.1 Å². The Labute approximate surface area is 223 Å². The monoisotopic (exact) mass is 584 g/mol. The fourth-order valence-electron chi connectivity index (χ4n) is 4.10. The van der Waals surface area contributed by atoms with Gasteiger partial charge in [-0.2, -0.15) is 26.3 Å². The number of aromatic nitrogens is 2. The molecule has 4 rings (SSSR count). The molecule has 2 N–H and O–H groups in total. The average molecular weight is 585 g/mol. The van der Waals surface area contributed by atoms with Gasteiger partial charge in [0, 0.05) is 37.4 Å². The lowest BCUT2D eigenvalue weighted by Gasteiger charge is -2.46. The Balaban J connectivity index is 0.000000317. The summed E-state index contributed by atoms with van der Waals surface area (Å²) in [5, 5.41) is 16.1. The lowest BCUT2D eigenvalue weighted by Crippen LogP contribution is -2.48. The molecule has 216 valence electrons. The van der Waals surface area contributed by atoms with Crippen LogP contribution in [0.1, 0.15) is 41.7 Å². The second kappa shape index (κ2) is 13.7. The summed E-state index contributed by atoms with van der Waals surface area (Å²) in [6, 6.07) is 4.16. The molecule has 0 bridgehead atoms. The minimum Gasteiger partial charge on any atom is -0.475 e. The van der Waals surface area contributed by atoms with Crippen LogP contribution >= 0.6 is 11.3 Å². The highest BCUT2D eigenvalue weighted by atomic mass is 32.1. The summed E-state index contributed by atoms with van der Waals surface area (Å²) in [6.07, 6.45) is -1.63. The van der Waals surface area contributed by atoms with Crippen molar-refractivity contribution in [2.75, 3.05) is 26.2 Å². The predicted molar refractivity (Wildman–Crippen MR) is 126 cm³/mol. The quantitative estimate of drug-likeness (QED) is 0.512. The number of aliphatic carboxylic acids is 2. The third kappa shape index (κ3) is 10.4. The van der Waals surface area contributed by atoms with E-state index in [2.05, 4.69) is 20.9 Å². The van der Waals surface area contributed by atoms with Crippen LogP contribution in [0.3, 0.4) is 0 Å². The van der Waals surface area contributed by atoms with Gasteiger partial charge in [0.2, 0.25) is 0 Å². The first-order chi connectivity index (χ1) is 18.1. The first kappa shape index (κ1) is 31.9. The van der Waals surface area contributed by atoms with E-state index in [9.17, 15) is 31.1 Å². The number of nitrogens with zero attached hydrogens (tertiary/aromatic N) is 4. The zero-order valence-corrected chi connectivity index (χ0v) is 21.2. The Kier molecular flexibility index (Phi) is 11.2. The summed E-state index contributed by atoms with van der Waals surface area (Å²) in [6.45, 7) is 5.04. The van der Waals surface area contributed by atoms with Crippen LogP contribution in [0.25, 0.3) is 0 Å². The number of piperidine rings is 2. The van der Waals surface area contributed by atoms with Gasteiger partial charge >= 0.3 is 24.3 Å². The van der Waals surface area contributed by atoms with Crippen molar-refractivity contribution in [3.63, 3.8) is 0 Å². The molecule has 2 saturated heterocycles. The Morgan fingerprint density at radius 1 is 0.923 bits per heavy atom. The first-order valence-corrected chi connectivity index (χ1v) is 12.5. The molecule has 39 heavy (non-hydrogen) atoms. The van der Waals surface area contributed by atoms with Crippen molar-refractivity contribution < 1.29 is 50.9 Å². The predicted octanol–water partition coefficient (Wildman–Crippen LogP) is 4.32. The molecule has 0 aromatic carbocycles. The van der Waals surface area contributed by atoms with E-state index in [-0.39, 0.29) is 5.91 Å². The van der Waals surface area contributed by atoms with Crippen LogP contribution in [0.2, 0.25) is 0 Å². The number of amides is 1. The van der Waals surface area contributed by atoms with Crippen molar-refractivity contribution in [3.05, 3.63) is 46.7 Å². The molecule has 0 aliphatic carbocycles. The topological polar surface area (TPSA) is 124 Å². The van der Waals surface area contributed by atoms with E-state index in [0.717, 1.165) is 45.6 Å². The lowest BCUT2D eigenvalue weighted by molar-refractivity contribution is -0.193. The Hall–Kier alpha value is -3.27. The van der Waals surface area contributed by atoms with Gasteiger partial charge in [-0.05, 0) is 55.8 Å². The Morgan fingerprint density at radius 3 is 1.85 bits per heavy atom.